The van der Waals surface area contributed by atoms with Crippen molar-refractivity contribution in [3.05, 3.63) is 71.8 Å². The van der Waals surface area contributed by atoms with Gasteiger partial charge in [-0.05, 0) is 41.8 Å². The van der Waals surface area contributed by atoms with Crippen molar-refractivity contribution in [1.82, 2.24) is 14.8 Å². The van der Waals surface area contributed by atoms with Gasteiger partial charge in [-0.1, -0.05) is 38.1 Å². The number of carbonyl (C=O) groups excluding carboxylic acids is 1. The van der Waals surface area contributed by atoms with Crippen LogP contribution in [0.15, 0.2) is 54.9 Å². The Bertz CT molecular complexity index is 998. The molecular weight excluding hydrogens is 371 g/mol. The highest BCUT2D eigenvalue weighted by molar-refractivity contribution is 5.94. The summed E-state index contributed by atoms with van der Waals surface area (Å²) >= 11 is 0. The van der Waals surface area contributed by atoms with Crippen LogP contribution < -0.4 is 9.64 Å². The largest absolute Gasteiger partial charge is 0.497 e. The zero-order valence-corrected chi connectivity index (χ0v) is 16.6. The van der Waals surface area contributed by atoms with Gasteiger partial charge in [-0.15, -0.1) is 0 Å². The molecule has 29 heavy (non-hydrogen) atoms. The molecule has 0 unspecified atom stereocenters. The van der Waals surface area contributed by atoms with Crippen molar-refractivity contribution in [3.63, 3.8) is 0 Å². The monoisotopic (exact) mass is 394 g/mol. The first kappa shape index (κ1) is 19.1. The third-order valence-electron chi connectivity index (χ3n) is 5.31. The minimum absolute atomic E-state index is 0.0161. The van der Waals surface area contributed by atoms with Gasteiger partial charge in [-0.25, -0.2) is 9.07 Å². The van der Waals surface area contributed by atoms with E-state index in [-0.39, 0.29) is 29.7 Å². The number of aromatic nitrogens is 3. The molecule has 0 aliphatic carbocycles. The molecule has 0 saturated carbocycles. The summed E-state index contributed by atoms with van der Waals surface area (Å²) in [6.07, 6.45) is 2.07. The van der Waals surface area contributed by atoms with Crippen LogP contribution in [0.3, 0.4) is 0 Å². The zero-order valence-electron chi connectivity index (χ0n) is 16.6. The highest BCUT2D eigenvalue weighted by Gasteiger charge is 2.39. The molecule has 1 aromatic heterocycles. The number of rotatable bonds is 4. The molecule has 0 N–H and O–H groups in total. The molecule has 150 valence electrons. The lowest BCUT2D eigenvalue weighted by Crippen LogP contribution is -2.44. The number of amides is 1. The van der Waals surface area contributed by atoms with Gasteiger partial charge in [0.1, 0.15) is 17.9 Å². The Morgan fingerprint density at radius 2 is 1.69 bits per heavy atom. The summed E-state index contributed by atoms with van der Waals surface area (Å²) < 4.78 is 20.5. The van der Waals surface area contributed by atoms with Crippen molar-refractivity contribution >= 4 is 11.9 Å². The maximum atomic E-state index is 13.5. The van der Waals surface area contributed by atoms with Gasteiger partial charge in [-0.3, -0.25) is 9.69 Å². The Hall–Kier alpha value is -3.22. The quantitative estimate of drug-likeness (QED) is 0.667. The fourth-order valence-corrected chi connectivity index (χ4v) is 3.80. The molecule has 4 rings (SSSR count). The Balaban J connectivity index is 1.82. The Kier molecular flexibility index (Phi) is 5.05. The number of benzene rings is 2. The molecule has 1 aliphatic heterocycles. The number of anilines is 1. The van der Waals surface area contributed by atoms with E-state index in [1.807, 2.05) is 38.1 Å². The molecule has 0 radical (unpaired) electrons. The average Bonchev–Trinajstić information content (AvgIpc) is 3.22. The molecule has 2 heterocycles. The lowest BCUT2D eigenvalue weighted by Gasteiger charge is -2.40. The van der Waals surface area contributed by atoms with Crippen molar-refractivity contribution in [3.8, 4) is 5.75 Å². The molecule has 2 aromatic carbocycles. The van der Waals surface area contributed by atoms with Crippen LogP contribution in [0.1, 0.15) is 43.5 Å². The summed E-state index contributed by atoms with van der Waals surface area (Å²) in [6.45, 7) is 3.75. The molecule has 3 aromatic rings. The van der Waals surface area contributed by atoms with E-state index >= 15 is 0 Å². The molecule has 1 aliphatic rings. The first-order valence-electron chi connectivity index (χ1n) is 9.61. The molecular formula is C22H23FN4O2. The summed E-state index contributed by atoms with van der Waals surface area (Å²) in [7, 11) is 1.62. The van der Waals surface area contributed by atoms with Gasteiger partial charge in [0, 0.05) is 5.92 Å². The standard InChI is InChI=1S/C22H23FN4O2/c1-14(2)21(28)26-19(15-6-10-18(29-3)11-7-15)12-20(27-22(26)24-13-25-27)16-4-8-17(23)9-5-16/h4-11,13-14,19-20H,12H2,1-3H3/t19-,20-/m1/s1. The predicted molar refractivity (Wildman–Crippen MR) is 107 cm³/mol. The van der Waals surface area contributed by atoms with Gasteiger partial charge in [0.25, 0.3) is 0 Å². The SMILES string of the molecule is COc1ccc([C@H]2C[C@H](c3ccc(F)cc3)n3ncnc3N2C(=O)C(C)C)cc1. The van der Waals surface area contributed by atoms with Crippen molar-refractivity contribution < 1.29 is 13.9 Å². The van der Waals surface area contributed by atoms with E-state index in [1.165, 1.54) is 18.5 Å². The molecule has 0 bridgehead atoms. The van der Waals surface area contributed by atoms with Crippen molar-refractivity contribution in [2.75, 3.05) is 12.0 Å². The second-order valence-corrected chi connectivity index (χ2v) is 7.46. The van der Waals surface area contributed by atoms with Crippen LogP contribution in [0.4, 0.5) is 10.3 Å². The van der Waals surface area contributed by atoms with E-state index in [2.05, 4.69) is 10.1 Å². The molecule has 0 fully saturated rings. The van der Waals surface area contributed by atoms with Gasteiger partial charge in [0.15, 0.2) is 0 Å². The maximum Gasteiger partial charge on any atom is 0.232 e. The van der Waals surface area contributed by atoms with Gasteiger partial charge < -0.3 is 4.74 Å². The molecule has 1 amide bonds. The van der Waals surface area contributed by atoms with Gasteiger partial charge in [0.2, 0.25) is 11.9 Å². The van der Waals surface area contributed by atoms with Crippen LogP contribution >= 0.6 is 0 Å². The van der Waals surface area contributed by atoms with Gasteiger partial charge in [-0.2, -0.15) is 10.1 Å². The molecule has 0 saturated heterocycles. The fraction of sp³-hybridized carbons (Fsp3) is 0.318. The second kappa shape index (κ2) is 7.66. The predicted octanol–water partition coefficient (Wildman–Crippen LogP) is 4.15. The van der Waals surface area contributed by atoms with Crippen molar-refractivity contribution in [1.29, 1.82) is 0 Å². The number of fused-ring (bicyclic) bond motifs is 1. The maximum absolute atomic E-state index is 13.5. The fourth-order valence-electron chi connectivity index (χ4n) is 3.80. The highest BCUT2D eigenvalue weighted by atomic mass is 19.1. The lowest BCUT2D eigenvalue weighted by atomic mass is 9.91. The van der Waals surface area contributed by atoms with Crippen LogP contribution in [0, 0.1) is 11.7 Å². The zero-order chi connectivity index (χ0) is 20.5. The second-order valence-electron chi connectivity index (χ2n) is 7.46. The normalized spacial score (nSPS) is 18.6. The van der Waals surface area contributed by atoms with Crippen LogP contribution in [0.5, 0.6) is 5.75 Å². The van der Waals surface area contributed by atoms with Gasteiger partial charge >= 0.3 is 0 Å². The lowest BCUT2D eigenvalue weighted by molar-refractivity contribution is -0.122. The minimum atomic E-state index is -0.285. The summed E-state index contributed by atoms with van der Waals surface area (Å²) in [5.74, 6) is 0.766. The van der Waals surface area contributed by atoms with Crippen molar-refractivity contribution in [2.24, 2.45) is 5.92 Å². The summed E-state index contributed by atoms with van der Waals surface area (Å²) in [6, 6.07) is 13.8. The highest BCUT2D eigenvalue weighted by Crippen LogP contribution is 2.42. The molecule has 7 heteroatoms. The van der Waals surface area contributed by atoms with E-state index in [9.17, 15) is 9.18 Å². The number of nitrogens with zero attached hydrogens (tertiary/aromatic N) is 4. The van der Waals surface area contributed by atoms with E-state index < -0.39 is 0 Å². The van der Waals surface area contributed by atoms with Crippen LogP contribution in [0.25, 0.3) is 0 Å². The van der Waals surface area contributed by atoms with Crippen LogP contribution in [-0.4, -0.2) is 27.8 Å². The number of methoxy groups -OCH3 is 1. The van der Waals surface area contributed by atoms with E-state index in [0.29, 0.717) is 12.4 Å². The number of ether oxygens (including phenoxy) is 1. The average molecular weight is 394 g/mol. The van der Waals surface area contributed by atoms with Gasteiger partial charge in [0.05, 0.1) is 19.2 Å². The molecule has 0 spiro atoms. The topological polar surface area (TPSA) is 60.2 Å². The third kappa shape index (κ3) is 3.48. The first-order chi connectivity index (χ1) is 14.0. The molecule has 6 nitrogen and oxygen atoms in total. The third-order valence-corrected chi connectivity index (χ3v) is 5.31. The number of hydrogen-bond acceptors (Lipinski definition) is 4. The Labute approximate surface area is 168 Å². The summed E-state index contributed by atoms with van der Waals surface area (Å²) in [5, 5.41) is 4.38. The van der Waals surface area contributed by atoms with Crippen LogP contribution in [0.2, 0.25) is 0 Å². The van der Waals surface area contributed by atoms with E-state index in [4.69, 9.17) is 4.74 Å². The van der Waals surface area contributed by atoms with Crippen LogP contribution in [-0.2, 0) is 4.79 Å². The number of hydrogen-bond donors (Lipinski definition) is 0. The Morgan fingerprint density at radius 3 is 2.31 bits per heavy atom. The number of halogens is 1. The van der Waals surface area contributed by atoms with Crippen molar-refractivity contribution in [2.45, 2.75) is 32.4 Å². The smallest absolute Gasteiger partial charge is 0.232 e. The van der Waals surface area contributed by atoms with E-state index in [0.717, 1.165) is 16.9 Å². The first-order valence-corrected chi connectivity index (χ1v) is 9.61. The number of carbonyl (C=O) groups is 1. The van der Waals surface area contributed by atoms with E-state index in [1.54, 1.807) is 28.8 Å². The summed E-state index contributed by atoms with van der Waals surface area (Å²) in [5.41, 5.74) is 1.91. The summed E-state index contributed by atoms with van der Waals surface area (Å²) in [4.78, 5) is 19.3. The Morgan fingerprint density at radius 1 is 1.07 bits per heavy atom. The minimum Gasteiger partial charge on any atom is -0.497 e. The molecule has 2 atom stereocenters.